The highest BCUT2D eigenvalue weighted by molar-refractivity contribution is 6.06. The Bertz CT molecular complexity index is 703. The van der Waals surface area contributed by atoms with Gasteiger partial charge in [-0.2, -0.15) is 0 Å². The minimum atomic E-state index is -1.23. The van der Waals surface area contributed by atoms with Crippen LogP contribution in [0.4, 0.5) is 10.2 Å². The molecule has 0 unspecified atom stereocenters. The summed E-state index contributed by atoms with van der Waals surface area (Å²) in [5.41, 5.74) is -0.504. The number of aromatic carboxylic acids is 1. The summed E-state index contributed by atoms with van der Waals surface area (Å²) in [6.07, 6.45) is 0. The van der Waals surface area contributed by atoms with Crippen LogP contribution in [0.3, 0.4) is 0 Å². The number of aromatic nitrogens is 1. The molecule has 6 nitrogen and oxygen atoms in total. The molecule has 0 fully saturated rings. The number of carbonyl (C=O) groups excluding carboxylic acids is 1. The predicted molar refractivity (Wildman–Crippen MR) is 72.1 cm³/mol. The lowest BCUT2D eigenvalue weighted by molar-refractivity contribution is 0.0690. The van der Waals surface area contributed by atoms with Crippen molar-refractivity contribution in [1.29, 1.82) is 0 Å². The highest BCUT2D eigenvalue weighted by Crippen LogP contribution is 2.22. The minimum absolute atomic E-state index is 0.00482. The SMILES string of the molecule is COc1cccc(F)c1C(=O)Nc1cccc(C(=O)O)n1. The van der Waals surface area contributed by atoms with Crippen molar-refractivity contribution in [3.63, 3.8) is 0 Å². The van der Waals surface area contributed by atoms with E-state index in [1.165, 1.54) is 37.4 Å². The summed E-state index contributed by atoms with van der Waals surface area (Å²) in [6, 6.07) is 8.08. The summed E-state index contributed by atoms with van der Waals surface area (Å²) >= 11 is 0. The molecule has 1 heterocycles. The fourth-order valence-corrected chi connectivity index (χ4v) is 1.70. The summed E-state index contributed by atoms with van der Waals surface area (Å²) in [7, 11) is 1.31. The van der Waals surface area contributed by atoms with Crippen LogP contribution in [0.5, 0.6) is 5.75 Å². The summed E-state index contributed by atoms with van der Waals surface area (Å²) in [5, 5.41) is 11.2. The molecule has 108 valence electrons. The zero-order chi connectivity index (χ0) is 15.4. The molecule has 0 saturated heterocycles. The fraction of sp³-hybridized carbons (Fsp3) is 0.0714. The summed E-state index contributed by atoms with van der Waals surface area (Å²) in [5.74, 6) is -2.68. The van der Waals surface area contributed by atoms with Gasteiger partial charge in [-0.3, -0.25) is 4.79 Å². The van der Waals surface area contributed by atoms with E-state index in [2.05, 4.69) is 10.3 Å². The van der Waals surface area contributed by atoms with Gasteiger partial charge in [-0.1, -0.05) is 12.1 Å². The number of carboxylic acid groups (broad SMARTS) is 1. The normalized spacial score (nSPS) is 10.0. The molecular weight excluding hydrogens is 279 g/mol. The molecule has 0 aliphatic heterocycles. The van der Waals surface area contributed by atoms with Gasteiger partial charge in [-0.15, -0.1) is 0 Å². The van der Waals surface area contributed by atoms with Crippen LogP contribution in [0.15, 0.2) is 36.4 Å². The maximum Gasteiger partial charge on any atom is 0.354 e. The topological polar surface area (TPSA) is 88.5 Å². The lowest BCUT2D eigenvalue weighted by Crippen LogP contribution is -2.16. The third kappa shape index (κ3) is 3.14. The summed E-state index contributed by atoms with van der Waals surface area (Å²) in [6.45, 7) is 0. The summed E-state index contributed by atoms with van der Waals surface area (Å²) in [4.78, 5) is 26.6. The number of carboxylic acids is 1. The van der Waals surface area contributed by atoms with Crippen LogP contribution in [0.25, 0.3) is 0 Å². The standard InChI is InChI=1S/C14H11FN2O4/c1-21-10-6-2-4-8(15)12(10)13(18)17-11-7-3-5-9(16-11)14(19)20/h2-7H,1H3,(H,19,20)(H,16,17,18). The lowest BCUT2D eigenvalue weighted by Gasteiger charge is -2.09. The number of amides is 1. The molecule has 0 aliphatic rings. The molecule has 0 bridgehead atoms. The van der Waals surface area contributed by atoms with Gasteiger partial charge in [-0.05, 0) is 24.3 Å². The van der Waals surface area contributed by atoms with Crippen LogP contribution in [0.2, 0.25) is 0 Å². The third-order valence-corrected chi connectivity index (χ3v) is 2.63. The predicted octanol–water partition coefficient (Wildman–Crippen LogP) is 2.18. The van der Waals surface area contributed by atoms with Crippen LogP contribution in [-0.2, 0) is 0 Å². The molecule has 1 amide bonds. The number of methoxy groups -OCH3 is 1. The number of ether oxygens (including phenoxy) is 1. The molecule has 0 spiro atoms. The molecule has 7 heteroatoms. The van der Waals surface area contributed by atoms with E-state index >= 15 is 0 Å². The van der Waals surface area contributed by atoms with E-state index in [-0.39, 0.29) is 22.8 Å². The van der Waals surface area contributed by atoms with Gasteiger partial charge in [0.1, 0.15) is 22.9 Å². The Morgan fingerprint density at radius 1 is 1.24 bits per heavy atom. The average Bonchev–Trinajstić information content (AvgIpc) is 2.46. The molecule has 0 saturated carbocycles. The first-order valence-electron chi connectivity index (χ1n) is 5.87. The Kier molecular flexibility index (Phi) is 4.13. The second-order valence-corrected chi connectivity index (χ2v) is 3.98. The van der Waals surface area contributed by atoms with Gasteiger partial charge in [0.15, 0.2) is 5.69 Å². The Balaban J connectivity index is 2.30. The number of halogens is 1. The number of carbonyl (C=O) groups is 2. The van der Waals surface area contributed by atoms with Gasteiger partial charge >= 0.3 is 5.97 Å². The smallest absolute Gasteiger partial charge is 0.354 e. The van der Waals surface area contributed by atoms with Crippen molar-refractivity contribution in [2.45, 2.75) is 0 Å². The van der Waals surface area contributed by atoms with Gasteiger partial charge in [0.25, 0.3) is 5.91 Å². The van der Waals surface area contributed by atoms with Gasteiger partial charge in [-0.25, -0.2) is 14.2 Å². The molecular formula is C14H11FN2O4. The second kappa shape index (κ2) is 6.00. The summed E-state index contributed by atoms with van der Waals surface area (Å²) < 4.78 is 18.7. The second-order valence-electron chi connectivity index (χ2n) is 3.98. The Morgan fingerprint density at radius 3 is 2.62 bits per heavy atom. The zero-order valence-corrected chi connectivity index (χ0v) is 11.0. The largest absolute Gasteiger partial charge is 0.496 e. The number of nitrogens with one attached hydrogen (secondary N) is 1. The zero-order valence-electron chi connectivity index (χ0n) is 11.0. The van der Waals surface area contributed by atoms with E-state index in [0.717, 1.165) is 6.07 Å². The van der Waals surface area contributed by atoms with Crippen molar-refractivity contribution >= 4 is 17.7 Å². The van der Waals surface area contributed by atoms with Crippen molar-refractivity contribution in [1.82, 2.24) is 4.98 Å². The van der Waals surface area contributed by atoms with E-state index in [0.29, 0.717) is 0 Å². The van der Waals surface area contributed by atoms with Crippen molar-refractivity contribution in [2.24, 2.45) is 0 Å². The number of nitrogens with zero attached hydrogens (tertiary/aromatic N) is 1. The first kappa shape index (κ1) is 14.4. The average molecular weight is 290 g/mol. The van der Waals surface area contributed by atoms with E-state index in [9.17, 15) is 14.0 Å². The van der Waals surface area contributed by atoms with Crippen LogP contribution < -0.4 is 10.1 Å². The van der Waals surface area contributed by atoms with E-state index < -0.39 is 17.7 Å². The third-order valence-electron chi connectivity index (χ3n) is 2.63. The maximum atomic E-state index is 13.7. The fourth-order valence-electron chi connectivity index (χ4n) is 1.70. The van der Waals surface area contributed by atoms with Crippen molar-refractivity contribution in [3.05, 3.63) is 53.5 Å². The molecule has 1 aromatic carbocycles. The molecule has 21 heavy (non-hydrogen) atoms. The van der Waals surface area contributed by atoms with Crippen molar-refractivity contribution < 1.29 is 23.8 Å². The number of anilines is 1. The van der Waals surface area contributed by atoms with Crippen molar-refractivity contribution in [3.8, 4) is 5.75 Å². The van der Waals surface area contributed by atoms with Crippen LogP contribution in [-0.4, -0.2) is 29.1 Å². The Hall–Kier alpha value is -2.96. The number of benzene rings is 1. The van der Waals surface area contributed by atoms with Gasteiger partial charge < -0.3 is 15.2 Å². The van der Waals surface area contributed by atoms with E-state index in [1.807, 2.05) is 0 Å². The van der Waals surface area contributed by atoms with Crippen LogP contribution in [0.1, 0.15) is 20.8 Å². The molecule has 1 aromatic heterocycles. The first-order chi connectivity index (χ1) is 10.0. The van der Waals surface area contributed by atoms with Crippen LogP contribution >= 0.6 is 0 Å². The highest BCUT2D eigenvalue weighted by Gasteiger charge is 2.18. The van der Waals surface area contributed by atoms with E-state index in [4.69, 9.17) is 9.84 Å². The number of rotatable bonds is 4. The molecule has 2 rings (SSSR count). The first-order valence-corrected chi connectivity index (χ1v) is 5.87. The van der Waals surface area contributed by atoms with E-state index in [1.54, 1.807) is 0 Å². The van der Waals surface area contributed by atoms with Gasteiger partial charge in [0.05, 0.1) is 7.11 Å². The van der Waals surface area contributed by atoms with Crippen LogP contribution in [0, 0.1) is 5.82 Å². The molecule has 0 atom stereocenters. The molecule has 0 radical (unpaired) electrons. The number of hydrogen-bond acceptors (Lipinski definition) is 4. The molecule has 2 N–H and O–H groups in total. The highest BCUT2D eigenvalue weighted by atomic mass is 19.1. The Labute approximate surface area is 119 Å². The van der Waals surface area contributed by atoms with Gasteiger partial charge in [0.2, 0.25) is 0 Å². The van der Waals surface area contributed by atoms with Gasteiger partial charge in [0, 0.05) is 0 Å². The number of pyridine rings is 1. The Morgan fingerprint density at radius 2 is 1.95 bits per heavy atom. The molecule has 0 aliphatic carbocycles. The quantitative estimate of drug-likeness (QED) is 0.901. The number of hydrogen-bond donors (Lipinski definition) is 2. The maximum absolute atomic E-state index is 13.7. The van der Waals surface area contributed by atoms with Crippen molar-refractivity contribution in [2.75, 3.05) is 12.4 Å². The monoisotopic (exact) mass is 290 g/mol. The lowest BCUT2D eigenvalue weighted by atomic mass is 10.1. The molecule has 2 aromatic rings. The minimum Gasteiger partial charge on any atom is -0.496 e.